The zero-order chi connectivity index (χ0) is 16.1. The average Bonchev–Trinajstić information content (AvgIpc) is 2.88. The van der Waals surface area contributed by atoms with E-state index in [1.807, 2.05) is 30.0 Å². The van der Waals surface area contributed by atoms with Crippen molar-refractivity contribution < 1.29 is 9.53 Å². The fraction of sp³-hybridized carbons (Fsp3) is 0.632. The highest BCUT2D eigenvalue weighted by atomic mass is 32.2. The largest absolute Gasteiger partial charge is 0.381 e. The molecule has 2 heterocycles. The monoisotopic (exact) mass is 333 g/mol. The van der Waals surface area contributed by atoms with Crippen LogP contribution in [0.25, 0.3) is 0 Å². The Bertz CT molecular complexity index is 513. The highest BCUT2D eigenvalue weighted by Crippen LogP contribution is 2.37. The number of hydrogen-bond donors (Lipinski definition) is 0. The highest BCUT2D eigenvalue weighted by molar-refractivity contribution is 7.99. The number of carbonyl (C=O) groups is 1. The first-order chi connectivity index (χ1) is 11.3. The molecule has 1 amide bonds. The van der Waals surface area contributed by atoms with Gasteiger partial charge in [0.15, 0.2) is 0 Å². The van der Waals surface area contributed by atoms with Gasteiger partial charge in [-0.25, -0.2) is 0 Å². The Labute approximate surface area is 143 Å². The molecule has 3 nitrogen and oxygen atoms in total. The van der Waals surface area contributed by atoms with Crippen molar-refractivity contribution in [3.63, 3.8) is 0 Å². The topological polar surface area (TPSA) is 29.5 Å². The summed E-state index contributed by atoms with van der Waals surface area (Å²) in [4.78, 5) is 15.7. The molecule has 0 saturated carbocycles. The standard InChI is InChI=1S/C19H27NO2S/c1-23-17-9-5-6-12-20(15-17)18(21)19(10-13-22-14-11-19)16-7-3-2-4-8-16/h2-4,7-8,17H,5-6,9-15H2,1H3. The van der Waals surface area contributed by atoms with E-state index in [4.69, 9.17) is 4.74 Å². The smallest absolute Gasteiger partial charge is 0.233 e. The first-order valence-corrected chi connectivity index (χ1v) is 10.0. The summed E-state index contributed by atoms with van der Waals surface area (Å²) >= 11 is 1.90. The summed E-state index contributed by atoms with van der Waals surface area (Å²) in [6.07, 6.45) is 7.36. The maximum Gasteiger partial charge on any atom is 0.233 e. The van der Waals surface area contributed by atoms with E-state index in [1.165, 1.54) is 18.4 Å². The molecule has 4 heteroatoms. The average molecular weight is 333 g/mol. The molecule has 1 aromatic carbocycles. The van der Waals surface area contributed by atoms with Gasteiger partial charge in [0.2, 0.25) is 5.91 Å². The molecule has 2 saturated heterocycles. The van der Waals surface area contributed by atoms with Crippen LogP contribution in [0.15, 0.2) is 30.3 Å². The SMILES string of the molecule is CSC1CCCCN(C(=O)C2(c3ccccc3)CCOCC2)C1. The summed E-state index contributed by atoms with van der Waals surface area (Å²) in [6, 6.07) is 10.4. The van der Waals surface area contributed by atoms with Crippen LogP contribution in [-0.2, 0) is 14.9 Å². The summed E-state index contributed by atoms with van der Waals surface area (Å²) in [6.45, 7) is 3.17. The molecule has 1 atom stereocenters. The van der Waals surface area contributed by atoms with Crippen LogP contribution >= 0.6 is 11.8 Å². The number of carbonyl (C=O) groups excluding carboxylic acids is 1. The van der Waals surface area contributed by atoms with Gasteiger partial charge >= 0.3 is 0 Å². The van der Waals surface area contributed by atoms with Crippen LogP contribution in [0, 0.1) is 0 Å². The van der Waals surface area contributed by atoms with Crippen LogP contribution < -0.4 is 0 Å². The third-order valence-electron chi connectivity index (χ3n) is 5.33. The zero-order valence-electron chi connectivity index (χ0n) is 14.0. The highest BCUT2D eigenvalue weighted by Gasteiger charge is 2.44. The third-order valence-corrected chi connectivity index (χ3v) is 6.38. The van der Waals surface area contributed by atoms with Crippen molar-refractivity contribution in [3.8, 4) is 0 Å². The number of rotatable bonds is 3. The predicted octanol–water partition coefficient (Wildman–Crippen LogP) is 3.48. The van der Waals surface area contributed by atoms with Gasteiger partial charge in [-0.1, -0.05) is 36.8 Å². The summed E-state index contributed by atoms with van der Waals surface area (Å²) in [5.74, 6) is 0.327. The second kappa shape index (κ2) is 7.71. The number of ether oxygens (including phenoxy) is 1. The molecule has 126 valence electrons. The van der Waals surface area contributed by atoms with Crippen molar-refractivity contribution in [1.29, 1.82) is 0 Å². The van der Waals surface area contributed by atoms with Crippen LogP contribution in [0.4, 0.5) is 0 Å². The fourth-order valence-corrected chi connectivity index (χ4v) is 4.62. The van der Waals surface area contributed by atoms with E-state index in [-0.39, 0.29) is 5.41 Å². The molecule has 23 heavy (non-hydrogen) atoms. The summed E-state index contributed by atoms with van der Waals surface area (Å²) in [7, 11) is 0. The Morgan fingerprint density at radius 3 is 2.65 bits per heavy atom. The Kier molecular flexibility index (Phi) is 5.65. The van der Waals surface area contributed by atoms with Crippen LogP contribution in [0.5, 0.6) is 0 Å². The number of benzene rings is 1. The molecule has 2 aliphatic heterocycles. The summed E-state index contributed by atoms with van der Waals surface area (Å²) < 4.78 is 5.58. The van der Waals surface area contributed by atoms with Crippen molar-refractivity contribution in [3.05, 3.63) is 35.9 Å². The molecule has 0 radical (unpaired) electrons. The first kappa shape index (κ1) is 16.8. The van der Waals surface area contributed by atoms with E-state index in [9.17, 15) is 4.79 Å². The summed E-state index contributed by atoms with van der Waals surface area (Å²) in [5, 5.41) is 0.578. The lowest BCUT2D eigenvalue weighted by atomic mass is 9.73. The van der Waals surface area contributed by atoms with Crippen molar-refractivity contribution in [1.82, 2.24) is 4.90 Å². The predicted molar refractivity (Wildman–Crippen MR) is 95.9 cm³/mol. The third kappa shape index (κ3) is 3.58. The molecule has 1 unspecified atom stereocenters. The van der Waals surface area contributed by atoms with E-state index in [0.29, 0.717) is 24.4 Å². The molecule has 0 bridgehead atoms. The molecule has 3 rings (SSSR count). The quantitative estimate of drug-likeness (QED) is 0.848. The van der Waals surface area contributed by atoms with Gasteiger partial charge in [0.25, 0.3) is 0 Å². The number of nitrogens with zero attached hydrogens (tertiary/aromatic N) is 1. The fourth-order valence-electron chi connectivity index (χ4n) is 3.89. The minimum Gasteiger partial charge on any atom is -0.381 e. The number of amides is 1. The van der Waals surface area contributed by atoms with Crippen LogP contribution in [-0.4, -0.2) is 48.6 Å². The maximum atomic E-state index is 13.6. The molecule has 0 spiro atoms. The van der Waals surface area contributed by atoms with E-state index in [1.54, 1.807) is 0 Å². The molecule has 1 aromatic rings. The Morgan fingerprint density at radius 2 is 1.96 bits per heavy atom. The van der Waals surface area contributed by atoms with Crippen molar-refractivity contribution in [2.45, 2.75) is 42.8 Å². The van der Waals surface area contributed by atoms with Gasteiger partial charge in [-0.15, -0.1) is 0 Å². The van der Waals surface area contributed by atoms with Crippen molar-refractivity contribution in [2.75, 3.05) is 32.6 Å². The van der Waals surface area contributed by atoms with E-state index in [0.717, 1.165) is 32.4 Å². The lowest BCUT2D eigenvalue weighted by Gasteiger charge is -2.40. The molecular formula is C19H27NO2S. The van der Waals surface area contributed by atoms with Gasteiger partial charge in [0.1, 0.15) is 0 Å². The minimum absolute atomic E-state index is 0.327. The lowest BCUT2D eigenvalue weighted by Crippen LogP contribution is -2.51. The first-order valence-electron chi connectivity index (χ1n) is 8.72. The van der Waals surface area contributed by atoms with E-state index < -0.39 is 0 Å². The van der Waals surface area contributed by atoms with Gasteiger partial charge in [0, 0.05) is 31.6 Å². The molecule has 0 aliphatic carbocycles. The minimum atomic E-state index is -0.382. The van der Waals surface area contributed by atoms with Gasteiger partial charge < -0.3 is 9.64 Å². The second-order valence-electron chi connectivity index (χ2n) is 6.67. The van der Waals surface area contributed by atoms with Gasteiger partial charge in [0.05, 0.1) is 5.41 Å². The second-order valence-corrected chi connectivity index (χ2v) is 7.80. The Hall–Kier alpha value is -1.00. The number of thioether (sulfide) groups is 1. The zero-order valence-corrected chi connectivity index (χ0v) is 14.8. The van der Waals surface area contributed by atoms with E-state index in [2.05, 4.69) is 23.3 Å². The summed E-state index contributed by atoms with van der Waals surface area (Å²) in [5.41, 5.74) is 0.783. The van der Waals surface area contributed by atoms with Crippen molar-refractivity contribution in [2.24, 2.45) is 0 Å². The molecule has 2 fully saturated rings. The lowest BCUT2D eigenvalue weighted by molar-refractivity contribution is -0.141. The molecular weight excluding hydrogens is 306 g/mol. The Balaban J connectivity index is 1.88. The van der Waals surface area contributed by atoms with Crippen LogP contribution in [0.3, 0.4) is 0 Å². The van der Waals surface area contributed by atoms with Gasteiger partial charge in [-0.2, -0.15) is 11.8 Å². The van der Waals surface area contributed by atoms with Gasteiger partial charge in [-0.3, -0.25) is 4.79 Å². The Morgan fingerprint density at radius 1 is 1.22 bits per heavy atom. The van der Waals surface area contributed by atoms with Crippen molar-refractivity contribution >= 4 is 17.7 Å². The molecule has 0 N–H and O–H groups in total. The van der Waals surface area contributed by atoms with Gasteiger partial charge in [-0.05, 0) is 37.5 Å². The van der Waals surface area contributed by atoms with Crippen LogP contribution in [0.1, 0.15) is 37.7 Å². The van der Waals surface area contributed by atoms with E-state index >= 15 is 0 Å². The van der Waals surface area contributed by atoms with Crippen LogP contribution in [0.2, 0.25) is 0 Å². The normalized spacial score (nSPS) is 24.9. The molecule has 2 aliphatic rings. The maximum absolute atomic E-state index is 13.6. The number of likely N-dealkylation sites (tertiary alicyclic amines) is 1. The number of hydrogen-bond acceptors (Lipinski definition) is 3. The molecule has 0 aromatic heterocycles.